The largest absolute Gasteiger partial charge is 0.342 e. The smallest absolute Gasteiger partial charge is 0.226 e. The lowest BCUT2D eigenvalue weighted by Gasteiger charge is -2.34. The number of unbranched alkanes of at least 4 members (excludes halogenated alkanes) is 2. The summed E-state index contributed by atoms with van der Waals surface area (Å²) in [5.41, 5.74) is 4.26. The number of carbonyl (C=O) groups excluding carboxylic acids is 1. The first-order chi connectivity index (χ1) is 16.6. The van der Waals surface area contributed by atoms with Gasteiger partial charge in [0.1, 0.15) is 0 Å². The molecule has 5 heteroatoms. The standard InChI is InChI=1S/C29H38N4O/c1-4-6-17-32(18-7-5-2)28(34)24-15-19-33(20-16-24)29-30-26-14-13-22(3)21-25(26)27(31-29)23-11-9-8-10-12-23/h8-14,21,24H,4-7,15-20H2,1-3H3. The molecule has 2 heterocycles. The molecule has 0 radical (unpaired) electrons. The SMILES string of the molecule is CCCCN(CCCC)C(=O)C1CCN(c2nc(-c3ccccc3)c3cc(C)ccc3n2)CC1. The number of aromatic nitrogens is 2. The second-order valence-corrected chi connectivity index (χ2v) is 9.55. The van der Waals surface area contributed by atoms with Crippen molar-refractivity contribution in [3.63, 3.8) is 0 Å². The number of hydrogen-bond donors (Lipinski definition) is 0. The highest BCUT2D eigenvalue weighted by molar-refractivity contribution is 5.93. The van der Waals surface area contributed by atoms with E-state index in [2.05, 4.69) is 73.0 Å². The fourth-order valence-electron chi connectivity index (χ4n) is 4.80. The van der Waals surface area contributed by atoms with E-state index in [0.29, 0.717) is 5.91 Å². The summed E-state index contributed by atoms with van der Waals surface area (Å²) in [4.78, 5) is 27.6. The molecule has 0 atom stereocenters. The van der Waals surface area contributed by atoms with Crippen molar-refractivity contribution >= 4 is 22.8 Å². The molecule has 2 aromatic carbocycles. The molecule has 1 aromatic heterocycles. The maximum absolute atomic E-state index is 13.3. The minimum absolute atomic E-state index is 0.113. The lowest BCUT2D eigenvalue weighted by atomic mass is 9.95. The number of benzene rings is 2. The highest BCUT2D eigenvalue weighted by Crippen LogP contribution is 2.31. The predicted octanol–water partition coefficient (Wildman–Crippen LogP) is 6.25. The zero-order chi connectivity index (χ0) is 23.9. The molecule has 0 saturated carbocycles. The number of anilines is 1. The maximum Gasteiger partial charge on any atom is 0.226 e. The number of nitrogens with zero attached hydrogens (tertiary/aromatic N) is 4. The van der Waals surface area contributed by atoms with Gasteiger partial charge < -0.3 is 9.80 Å². The maximum atomic E-state index is 13.3. The van der Waals surface area contributed by atoms with Gasteiger partial charge in [0, 0.05) is 43.0 Å². The average molecular weight is 459 g/mol. The molecular weight excluding hydrogens is 420 g/mol. The first kappa shape index (κ1) is 24.2. The number of amides is 1. The van der Waals surface area contributed by atoms with Gasteiger partial charge in [-0.2, -0.15) is 0 Å². The van der Waals surface area contributed by atoms with Gasteiger partial charge in [0.05, 0.1) is 11.2 Å². The van der Waals surface area contributed by atoms with Gasteiger partial charge in [-0.25, -0.2) is 9.97 Å². The van der Waals surface area contributed by atoms with Crippen molar-refractivity contribution in [3.8, 4) is 11.3 Å². The Morgan fingerprint density at radius 1 is 0.971 bits per heavy atom. The summed E-state index contributed by atoms with van der Waals surface area (Å²) >= 11 is 0. The molecule has 0 N–H and O–H groups in total. The molecule has 0 spiro atoms. The van der Waals surface area contributed by atoms with Crippen LogP contribution in [0.1, 0.15) is 57.9 Å². The molecule has 34 heavy (non-hydrogen) atoms. The first-order valence-corrected chi connectivity index (χ1v) is 13.0. The molecule has 180 valence electrons. The fraction of sp³-hybridized carbons (Fsp3) is 0.483. The minimum atomic E-state index is 0.113. The van der Waals surface area contributed by atoms with E-state index in [1.165, 1.54) is 5.56 Å². The van der Waals surface area contributed by atoms with Gasteiger partial charge in [0.2, 0.25) is 11.9 Å². The lowest BCUT2D eigenvalue weighted by Crippen LogP contribution is -2.43. The van der Waals surface area contributed by atoms with E-state index in [-0.39, 0.29) is 5.92 Å². The summed E-state index contributed by atoms with van der Waals surface area (Å²) < 4.78 is 0. The number of fused-ring (bicyclic) bond motifs is 1. The third-order valence-corrected chi connectivity index (χ3v) is 6.89. The second kappa shape index (κ2) is 11.5. The van der Waals surface area contributed by atoms with Gasteiger partial charge in [0.15, 0.2) is 0 Å². The van der Waals surface area contributed by atoms with Crippen molar-refractivity contribution in [2.45, 2.75) is 59.3 Å². The van der Waals surface area contributed by atoms with Crippen molar-refractivity contribution in [1.82, 2.24) is 14.9 Å². The summed E-state index contributed by atoms with van der Waals surface area (Å²) in [6, 6.07) is 16.7. The van der Waals surface area contributed by atoms with Crippen LogP contribution in [0.5, 0.6) is 0 Å². The fourth-order valence-corrected chi connectivity index (χ4v) is 4.80. The van der Waals surface area contributed by atoms with Crippen molar-refractivity contribution < 1.29 is 4.79 Å². The Kier molecular flexibility index (Phi) is 8.15. The Hall–Kier alpha value is -2.95. The molecule has 5 nitrogen and oxygen atoms in total. The number of rotatable bonds is 9. The Balaban J connectivity index is 1.53. The minimum Gasteiger partial charge on any atom is -0.342 e. The highest BCUT2D eigenvalue weighted by atomic mass is 16.2. The third kappa shape index (κ3) is 5.57. The van der Waals surface area contributed by atoms with Gasteiger partial charge in [0.25, 0.3) is 0 Å². The normalized spacial score (nSPS) is 14.5. The molecule has 0 aliphatic carbocycles. The van der Waals surface area contributed by atoms with Crippen LogP contribution < -0.4 is 4.90 Å². The van der Waals surface area contributed by atoms with E-state index in [4.69, 9.17) is 9.97 Å². The molecule has 4 rings (SSSR count). The van der Waals surface area contributed by atoms with Gasteiger partial charge in [-0.15, -0.1) is 0 Å². The van der Waals surface area contributed by atoms with E-state index < -0.39 is 0 Å². The average Bonchev–Trinajstić information content (AvgIpc) is 2.88. The zero-order valence-electron chi connectivity index (χ0n) is 21.0. The van der Waals surface area contributed by atoms with Crippen LogP contribution in [-0.4, -0.2) is 47.0 Å². The number of piperidine rings is 1. The number of carbonyl (C=O) groups is 1. The van der Waals surface area contributed by atoms with Crippen LogP contribution in [0.4, 0.5) is 5.95 Å². The quantitative estimate of drug-likeness (QED) is 0.380. The van der Waals surface area contributed by atoms with Crippen molar-refractivity contribution in [2.24, 2.45) is 5.92 Å². The van der Waals surface area contributed by atoms with E-state index in [9.17, 15) is 4.79 Å². The van der Waals surface area contributed by atoms with Gasteiger partial charge in [-0.1, -0.05) is 68.7 Å². The number of hydrogen-bond acceptors (Lipinski definition) is 4. The van der Waals surface area contributed by atoms with Crippen LogP contribution in [0, 0.1) is 12.8 Å². The molecule has 3 aromatic rings. The summed E-state index contributed by atoms with van der Waals surface area (Å²) in [5.74, 6) is 1.23. The molecular formula is C29H38N4O. The third-order valence-electron chi connectivity index (χ3n) is 6.89. The number of aryl methyl sites for hydroxylation is 1. The highest BCUT2D eigenvalue weighted by Gasteiger charge is 2.29. The Morgan fingerprint density at radius 3 is 2.29 bits per heavy atom. The van der Waals surface area contributed by atoms with Crippen LogP contribution in [0.2, 0.25) is 0 Å². The van der Waals surface area contributed by atoms with Gasteiger partial charge in [-0.05, 0) is 44.7 Å². The van der Waals surface area contributed by atoms with Gasteiger partial charge in [-0.3, -0.25) is 4.79 Å². The summed E-state index contributed by atoms with van der Waals surface area (Å²) in [5, 5.41) is 1.09. The van der Waals surface area contributed by atoms with Crippen molar-refractivity contribution in [3.05, 3.63) is 54.1 Å². The van der Waals surface area contributed by atoms with Crippen LogP contribution in [0.15, 0.2) is 48.5 Å². The lowest BCUT2D eigenvalue weighted by molar-refractivity contribution is -0.136. The summed E-state index contributed by atoms with van der Waals surface area (Å²) in [6.07, 6.45) is 6.14. The van der Waals surface area contributed by atoms with Crippen LogP contribution in [0.3, 0.4) is 0 Å². The second-order valence-electron chi connectivity index (χ2n) is 9.55. The zero-order valence-corrected chi connectivity index (χ0v) is 21.0. The van der Waals surface area contributed by atoms with Gasteiger partial charge >= 0.3 is 0 Å². The molecule has 1 saturated heterocycles. The van der Waals surface area contributed by atoms with Crippen LogP contribution in [-0.2, 0) is 4.79 Å². The van der Waals surface area contributed by atoms with E-state index in [0.717, 1.165) is 92.8 Å². The van der Waals surface area contributed by atoms with Crippen molar-refractivity contribution in [2.75, 3.05) is 31.1 Å². The first-order valence-electron chi connectivity index (χ1n) is 13.0. The monoisotopic (exact) mass is 458 g/mol. The topological polar surface area (TPSA) is 49.3 Å². The van der Waals surface area contributed by atoms with E-state index >= 15 is 0 Å². The molecule has 0 unspecified atom stereocenters. The summed E-state index contributed by atoms with van der Waals surface area (Å²) in [7, 11) is 0. The van der Waals surface area contributed by atoms with E-state index in [1.54, 1.807) is 0 Å². The molecule has 1 aliphatic rings. The van der Waals surface area contributed by atoms with Crippen molar-refractivity contribution in [1.29, 1.82) is 0 Å². The molecule has 1 aliphatic heterocycles. The predicted molar refractivity (Wildman–Crippen MR) is 141 cm³/mol. The Bertz CT molecular complexity index is 1080. The summed E-state index contributed by atoms with van der Waals surface area (Å²) in [6.45, 7) is 9.90. The molecule has 1 fully saturated rings. The molecule has 0 bridgehead atoms. The Labute approximate surface area is 204 Å². The van der Waals surface area contributed by atoms with Crippen LogP contribution >= 0.6 is 0 Å². The van der Waals surface area contributed by atoms with Crippen LogP contribution in [0.25, 0.3) is 22.2 Å². The Morgan fingerprint density at radius 2 is 1.65 bits per heavy atom. The molecule has 1 amide bonds. The van der Waals surface area contributed by atoms with E-state index in [1.807, 2.05) is 6.07 Å².